The number of halogens is 8. The molecular weight excluding hydrogens is 565 g/mol. The van der Waals surface area contributed by atoms with Gasteiger partial charge in [-0.3, -0.25) is 9.59 Å². The van der Waals surface area contributed by atoms with E-state index in [2.05, 4.69) is 15.4 Å². The minimum atomic E-state index is -5.32. The number of amides is 2. The summed E-state index contributed by atoms with van der Waals surface area (Å²) >= 11 is 6.10. The van der Waals surface area contributed by atoms with E-state index in [-0.39, 0.29) is 28.8 Å². The van der Waals surface area contributed by atoms with Crippen molar-refractivity contribution in [3.63, 3.8) is 0 Å². The third-order valence-corrected chi connectivity index (χ3v) is 6.55. The number of aromatic nitrogens is 3. The average Bonchev–Trinajstić information content (AvgIpc) is 3.40. The number of nitrogens with one attached hydrogen (secondary N) is 1. The van der Waals surface area contributed by atoms with Gasteiger partial charge in [-0.05, 0) is 25.1 Å². The molecule has 1 saturated heterocycles. The molecule has 4 N–H and O–H groups in total. The Morgan fingerprint density at radius 1 is 1.15 bits per heavy atom. The van der Waals surface area contributed by atoms with Crippen LogP contribution in [0.3, 0.4) is 0 Å². The van der Waals surface area contributed by atoms with E-state index >= 15 is 0 Å². The number of carbonyl (C=O) groups excluding carboxylic acids is 2. The van der Waals surface area contributed by atoms with Crippen molar-refractivity contribution < 1.29 is 45.4 Å². The Hall–Kier alpha value is -3.66. The number of rotatable bonds is 4. The van der Waals surface area contributed by atoms with E-state index in [4.69, 9.17) is 17.3 Å². The molecule has 2 amide bonds. The summed E-state index contributed by atoms with van der Waals surface area (Å²) in [6.07, 6.45) is -11.2. The fourth-order valence-corrected chi connectivity index (χ4v) is 4.29. The van der Waals surface area contributed by atoms with Crippen molar-refractivity contribution in [3.8, 4) is 11.3 Å². The highest BCUT2D eigenvalue weighted by Gasteiger charge is 2.58. The molecule has 210 valence electrons. The zero-order valence-corrected chi connectivity index (χ0v) is 20.4. The fourth-order valence-electron chi connectivity index (χ4n) is 4.09. The van der Waals surface area contributed by atoms with Crippen molar-refractivity contribution in [2.45, 2.75) is 37.1 Å². The minimum absolute atomic E-state index is 0.0365. The lowest BCUT2D eigenvalue weighted by Crippen LogP contribution is -2.56. The number of nitrogens with two attached hydrogens (primary N) is 1. The summed E-state index contributed by atoms with van der Waals surface area (Å²) < 4.78 is 95.4. The van der Waals surface area contributed by atoms with Crippen LogP contribution in [0.4, 0.5) is 36.6 Å². The summed E-state index contributed by atoms with van der Waals surface area (Å²) in [5.41, 5.74) is -0.197. The molecule has 0 aliphatic carbocycles. The lowest BCUT2D eigenvalue weighted by molar-refractivity contribution is -0.249. The van der Waals surface area contributed by atoms with E-state index < -0.39 is 72.0 Å². The van der Waals surface area contributed by atoms with Crippen molar-refractivity contribution in [3.05, 3.63) is 46.7 Å². The summed E-state index contributed by atoms with van der Waals surface area (Å²) in [4.78, 5) is 29.1. The van der Waals surface area contributed by atoms with Crippen LogP contribution in [0.5, 0.6) is 0 Å². The maximum Gasteiger partial charge on any atom is 0.426 e. The van der Waals surface area contributed by atoms with Crippen LogP contribution >= 0.6 is 11.6 Å². The third kappa shape index (κ3) is 5.05. The Kier molecular flexibility index (Phi) is 6.92. The Morgan fingerprint density at radius 2 is 1.82 bits per heavy atom. The Labute approximate surface area is 219 Å². The van der Waals surface area contributed by atoms with Gasteiger partial charge in [0.25, 0.3) is 11.8 Å². The lowest BCUT2D eigenvalue weighted by atomic mass is 10.1. The third-order valence-electron chi connectivity index (χ3n) is 6.22. The number of carbonyl (C=O) groups is 2. The highest BCUT2D eigenvalue weighted by molar-refractivity contribution is 6.34. The molecule has 0 bridgehead atoms. The first-order valence-corrected chi connectivity index (χ1v) is 11.3. The second-order valence-electron chi connectivity index (χ2n) is 8.92. The summed E-state index contributed by atoms with van der Waals surface area (Å²) in [7, 11) is 0. The minimum Gasteiger partial charge on any atom is -0.382 e. The van der Waals surface area contributed by atoms with Gasteiger partial charge in [-0.2, -0.15) is 31.4 Å². The largest absolute Gasteiger partial charge is 0.426 e. The number of nitrogen functional groups attached to an aromatic ring is 1. The number of fused-ring (bicyclic) bond motifs is 1. The molecule has 0 radical (unpaired) electrons. The van der Waals surface area contributed by atoms with Crippen molar-refractivity contribution in [1.29, 1.82) is 0 Å². The van der Waals surface area contributed by atoms with Crippen LogP contribution in [0.15, 0.2) is 30.6 Å². The highest BCUT2D eigenvalue weighted by Crippen LogP contribution is 2.39. The standard InChI is InChI=1S/C22H18ClF7N6O3/c1-20(39,22(28,29)30)19(38)35-6-13(24)14(7-35)34-18(37)10-4-9(2-3-12(10)23)15-5-11(21(25,26)27)16-17(31)32-8-33-36(15)16/h2-5,8,13-14,39H,6-7H2,1H3,(H,34,37)(H2,31,32,33)/t13-,14+,20?/m0/s1. The average molecular weight is 583 g/mol. The smallest absolute Gasteiger partial charge is 0.382 e. The summed E-state index contributed by atoms with van der Waals surface area (Å²) in [5, 5.41) is 15.5. The Balaban J connectivity index is 1.62. The number of anilines is 1. The fraction of sp³-hybridized carbons (Fsp3) is 0.364. The molecule has 3 heterocycles. The molecule has 1 unspecified atom stereocenters. The molecule has 3 atom stereocenters. The van der Waals surface area contributed by atoms with Crippen molar-refractivity contribution in [1.82, 2.24) is 24.8 Å². The van der Waals surface area contributed by atoms with Gasteiger partial charge in [-0.25, -0.2) is 13.9 Å². The maximum absolute atomic E-state index is 14.6. The van der Waals surface area contributed by atoms with Gasteiger partial charge in [-0.15, -0.1) is 0 Å². The SMILES string of the molecule is CC(O)(C(=O)N1C[C@H](F)[C@H](NC(=O)c2cc(-c3cc(C(F)(F)F)c4c(N)ncnn34)ccc2Cl)C1)C(F)(F)F. The summed E-state index contributed by atoms with van der Waals surface area (Å²) in [5.74, 6) is -3.26. The van der Waals surface area contributed by atoms with Gasteiger partial charge in [0.2, 0.25) is 5.60 Å². The van der Waals surface area contributed by atoms with Gasteiger partial charge in [-0.1, -0.05) is 17.7 Å². The molecule has 1 fully saturated rings. The van der Waals surface area contributed by atoms with Crippen LogP contribution in [0.25, 0.3) is 16.8 Å². The van der Waals surface area contributed by atoms with E-state index in [0.717, 1.165) is 23.0 Å². The molecule has 1 aliphatic rings. The van der Waals surface area contributed by atoms with E-state index in [1.54, 1.807) is 0 Å². The molecule has 0 saturated carbocycles. The number of aliphatic hydroxyl groups is 1. The number of nitrogens with zero attached hydrogens (tertiary/aromatic N) is 4. The normalized spacial score (nSPS) is 19.8. The lowest BCUT2D eigenvalue weighted by Gasteiger charge is -2.29. The van der Waals surface area contributed by atoms with E-state index in [1.807, 2.05) is 0 Å². The molecule has 4 rings (SSSR count). The van der Waals surface area contributed by atoms with Crippen LogP contribution in [0, 0.1) is 0 Å². The van der Waals surface area contributed by atoms with Crippen LogP contribution in [-0.2, 0) is 11.0 Å². The zero-order chi connectivity index (χ0) is 29.1. The van der Waals surface area contributed by atoms with Gasteiger partial charge in [0, 0.05) is 12.1 Å². The number of benzene rings is 1. The molecule has 3 aromatic rings. The van der Waals surface area contributed by atoms with Crippen LogP contribution < -0.4 is 11.1 Å². The summed E-state index contributed by atoms with van der Waals surface area (Å²) in [6.45, 7) is -1.29. The number of hydrogen-bond acceptors (Lipinski definition) is 6. The van der Waals surface area contributed by atoms with Gasteiger partial charge in [0.05, 0.1) is 34.4 Å². The van der Waals surface area contributed by atoms with Gasteiger partial charge >= 0.3 is 12.4 Å². The highest BCUT2D eigenvalue weighted by atomic mass is 35.5. The quantitative estimate of drug-likeness (QED) is 0.406. The molecule has 1 aliphatic heterocycles. The van der Waals surface area contributed by atoms with Crippen LogP contribution in [-0.4, -0.2) is 73.5 Å². The van der Waals surface area contributed by atoms with E-state index in [0.29, 0.717) is 4.90 Å². The summed E-state index contributed by atoms with van der Waals surface area (Å²) in [6, 6.07) is 2.88. The second-order valence-corrected chi connectivity index (χ2v) is 9.32. The maximum atomic E-state index is 14.6. The number of likely N-dealkylation sites (tertiary alicyclic amines) is 1. The monoisotopic (exact) mass is 582 g/mol. The predicted octanol–water partition coefficient (Wildman–Crippen LogP) is 3.24. The first kappa shape index (κ1) is 28.4. The van der Waals surface area contributed by atoms with Gasteiger partial charge in [0.1, 0.15) is 18.0 Å². The molecule has 1 aromatic carbocycles. The van der Waals surface area contributed by atoms with E-state index in [1.165, 1.54) is 12.1 Å². The van der Waals surface area contributed by atoms with Gasteiger partial charge < -0.3 is 21.1 Å². The first-order valence-electron chi connectivity index (χ1n) is 11.0. The first-order chi connectivity index (χ1) is 17.9. The zero-order valence-electron chi connectivity index (χ0n) is 19.6. The van der Waals surface area contributed by atoms with Crippen molar-refractivity contribution in [2.75, 3.05) is 18.8 Å². The number of hydrogen-bond donors (Lipinski definition) is 3. The molecule has 17 heteroatoms. The van der Waals surface area contributed by atoms with E-state index in [9.17, 15) is 45.4 Å². The molecule has 0 spiro atoms. The molecule has 9 nitrogen and oxygen atoms in total. The number of alkyl halides is 7. The van der Waals surface area contributed by atoms with Crippen LogP contribution in [0.2, 0.25) is 5.02 Å². The topological polar surface area (TPSA) is 126 Å². The Morgan fingerprint density at radius 3 is 2.44 bits per heavy atom. The molecular formula is C22H18ClF7N6O3. The molecule has 2 aromatic heterocycles. The molecule has 39 heavy (non-hydrogen) atoms. The van der Waals surface area contributed by atoms with Crippen LogP contribution in [0.1, 0.15) is 22.8 Å². The van der Waals surface area contributed by atoms with Gasteiger partial charge in [0.15, 0.2) is 5.82 Å². The Bertz CT molecular complexity index is 1460. The van der Waals surface area contributed by atoms with Crippen molar-refractivity contribution in [2.24, 2.45) is 0 Å². The second kappa shape index (κ2) is 9.51. The predicted molar refractivity (Wildman–Crippen MR) is 122 cm³/mol. The van der Waals surface area contributed by atoms with Crippen molar-refractivity contribution >= 4 is 34.7 Å².